The zero-order chi connectivity index (χ0) is 17.8. The van der Waals surface area contributed by atoms with Crippen LogP contribution in [0.1, 0.15) is 36.8 Å². The summed E-state index contributed by atoms with van der Waals surface area (Å²) in [7, 11) is 1.66. The number of nitrogens with one attached hydrogen (secondary N) is 2. The number of piperazine rings is 1. The Bertz CT molecular complexity index is 643. The minimum Gasteiger partial charge on any atom is -0.496 e. The van der Waals surface area contributed by atoms with Crippen molar-refractivity contribution in [3.63, 3.8) is 0 Å². The van der Waals surface area contributed by atoms with Crippen molar-refractivity contribution in [1.29, 1.82) is 0 Å². The molecular weight excluding hydrogens is 318 g/mol. The zero-order valence-electron chi connectivity index (χ0n) is 15.0. The molecule has 1 aromatic rings. The number of benzene rings is 1. The first kappa shape index (κ1) is 17.7. The molecule has 6 heteroatoms. The predicted octanol–water partition coefficient (Wildman–Crippen LogP) is 1.36. The van der Waals surface area contributed by atoms with Gasteiger partial charge in [0.1, 0.15) is 5.75 Å². The van der Waals surface area contributed by atoms with E-state index in [9.17, 15) is 9.59 Å². The van der Waals surface area contributed by atoms with Crippen LogP contribution < -0.4 is 15.4 Å². The van der Waals surface area contributed by atoms with Crippen LogP contribution in [0.25, 0.3) is 0 Å². The summed E-state index contributed by atoms with van der Waals surface area (Å²) in [6.45, 7) is 4.03. The highest BCUT2D eigenvalue weighted by atomic mass is 16.5. The van der Waals surface area contributed by atoms with Crippen LogP contribution in [0, 0.1) is 6.92 Å². The smallest absolute Gasteiger partial charge is 0.237 e. The van der Waals surface area contributed by atoms with Crippen molar-refractivity contribution in [3.05, 3.63) is 29.3 Å². The number of ether oxygens (including phenoxy) is 1. The highest BCUT2D eigenvalue weighted by Gasteiger charge is 2.32. The van der Waals surface area contributed by atoms with E-state index in [0.29, 0.717) is 19.1 Å². The van der Waals surface area contributed by atoms with Gasteiger partial charge in [0, 0.05) is 25.7 Å². The highest BCUT2D eigenvalue weighted by Crippen LogP contribution is 2.22. The summed E-state index contributed by atoms with van der Waals surface area (Å²) in [5.74, 6) is 0.777. The molecule has 6 nitrogen and oxygen atoms in total. The Morgan fingerprint density at radius 3 is 2.84 bits per heavy atom. The molecule has 0 aromatic heterocycles. The van der Waals surface area contributed by atoms with Gasteiger partial charge in [-0.25, -0.2) is 0 Å². The third-order valence-corrected chi connectivity index (χ3v) is 5.14. The fraction of sp³-hybridized carbons (Fsp3) is 0.579. The van der Waals surface area contributed by atoms with Crippen LogP contribution in [0.5, 0.6) is 5.75 Å². The summed E-state index contributed by atoms with van der Waals surface area (Å²) in [4.78, 5) is 26.7. The van der Waals surface area contributed by atoms with Crippen LogP contribution in [0.3, 0.4) is 0 Å². The second-order valence-electron chi connectivity index (χ2n) is 6.98. The molecule has 1 aliphatic carbocycles. The summed E-state index contributed by atoms with van der Waals surface area (Å²) >= 11 is 0. The van der Waals surface area contributed by atoms with E-state index < -0.39 is 6.04 Å². The maximum Gasteiger partial charge on any atom is 0.237 e. The van der Waals surface area contributed by atoms with Gasteiger partial charge in [-0.2, -0.15) is 0 Å². The number of hydrogen-bond acceptors (Lipinski definition) is 4. The molecule has 136 valence electrons. The molecule has 1 aliphatic heterocycles. The highest BCUT2D eigenvalue weighted by molar-refractivity contribution is 5.88. The molecule has 2 amide bonds. The van der Waals surface area contributed by atoms with Gasteiger partial charge < -0.3 is 15.4 Å². The van der Waals surface area contributed by atoms with Crippen molar-refractivity contribution in [1.82, 2.24) is 15.5 Å². The topological polar surface area (TPSA) is 70.7 Å². The van der Waals surface area contributed by atoms with Gasteiger partial charge in [0.25, 0.3) is 0 Å². The summed E-state index contributed by atoms with van der Waals surface area (Å²) in [6.07, 6.45) is 3.50. The lowest BCUT2D eigenvalue weighted by molar-refractivity contribution is -0.134. The third-order valence-electron chi connectivity index (χ3n) is 5.14. The van der Waals surface area contributed by atoms with E-state index in [0.717, 1.165) is 36.3 Å². The van der Waals surface area contributed by atoms with Gasteiger partial charge in [0.2, 0.25) is 11.8 Å². The maximum absolute atomic E-state index is 12.3. The molecule has 1 heterocycles. The lowest BCUT2D eigenvalue weighted by Crippen LogP contribution is -2.56. The van der Waals surface area contributed by atoms with E-state index in [1.165, 1.54) is 6.42 Å². The van der Waals surface area contributed by atoms with E-state index in [2.05, 4.69) is 21.6 Å². The Kier molecular flexibility index (Phi) is 5.58. The average Bonchev–Trinajstić information content (AvgIpc) is 2.54. The molecule has 3 rings (SSSR count). The van der Waals surface area contributed by atoms with E-state index in [4.69, 9.17) is 4.74 Å². The normalized spacial score (nSPS) is 21.4. The fourth-order valence-electron chi connectivity index (χ4n) is 3.46. The van der Waals surface area contributed by atoms with Crippen molar-refractivity contribution in [2.75, 3.05) is 20.2 Å². The van der Waals surface area contributed by atoms with Crippen LogP contribution in [0.4, 0.5) is 0 Å². The summed E-state index contributed by atoms with van der Waals surface area (Å²) in [5.41, 5.74) is 2.19. The fourth-order valence-corrected chi connectivity index (χ4v) is 3.46. The van der Waals surface area contributed by atoms with Crippen molar-refractivity contribution in [3.8, 4) is 5.75 Å². The Balaban J connectivity index is 1.65. The first-order valence-corrected chi connectivity index (χ1v) is 9.01. The van der Waals surface area contributed by atoms with E-state index in [1.807, 2.05) is 19.1 Å². The lowest BCUT2D eigenvalue weighted by atomic mass is 9.93. The Morgan fingerprint density at radius 1 is 1.40 bits per heavy atom. The molecule has 1 aromatic carbocycles. The Labute approximate surface area is 148 Å². The number of methoxy groups -OCH3 is 1. The molecule has 0 spiro atoms. The number of rotatable bonds is 6. The second-order valence-corrected chi connectivity index (χ2v) is 6.98. The molecule has 1 saturated heterocycles. The van der Waals surface area contributed by atoms with Gasteiger partial charge in [-0.15, -0.1) is 0 Å². The molecular formula is C19H27N3O3. The van der Waals surface area contributed by atoms with E-state index in [1.54, 1.807) is 7.11 Å². The molecule has 0 bridgehead atoms. The molecule has 2 fully saturated rings. The van der Waals surface area contributed by atoms with Crippen LogP contribution >= 0.6 is 0 Å². The van der Waals surface area contributed by atoms with Crippen molar-refractivity contribution < 1.29 is 14.3 Å². The summed E-state index contributed by atoms with van der Waals surface area (Å²) < 4.78 is 5.30. The molecule has 2 aliphatic rings. The minimum atomic E-state index is -0.406. The second kappa shape index (κ2) is 7.87. The SMILES string of the molecule is COc1ccc(CN2CCNC(=O)[C@H]2CC(=O)NC2CCC2)cc1C. The van der Waals surface area contributed by atoms with Gasteiger partial charge in [-0.05, 0) is 43.4 Å². The number of aryl methyl sites for hydroxylation is 1. The predicted molar refractivity (Wildman–Crippen MR) is 95.3 cm³/mol. The van der Waals surface area contributed by atoms with Gasteiger partial charge in [-0.3, -0.25) is 14.5 Å². The van der Waals surface area contributed by atoms with Gasteiger partial charge in [0.15, 0.2) is 0 Å². The van der Waals surface area contributed by atoms with Crippen molar-refractivity contribution >= 4 is 11.8 Å². The summed E-state index contributed by atoms with van der Waals surface area (Å²) in [5, 5.41) is 5.91. The zero-order valence-corrected chi connectivity index (χ0v) is 15.0. The molecule has 2 N–H and O–H groups in total. The Morgan fingerprint density at radius 2 is 2.20 bits per heavy atom. The number of carbonyl (C=O) groups excluding carboxylic acids is 2. The first-order chi connectivity index (χ1) is 12.1. The molecule has 25 heavy (non-hydrogen) atoms. The van der Waals surface area contributed by atoms with Gasteiger partial charge >= 0.3 is 0 Å². The summed E-state index contributed by atoms with van der Waals surface area (Å²) in [6, 6.07) is 5.95. The largest absolute Gasteiger partial charge is 0.496 e. The number of hydrogen-bond donors (Lipinski definition) is 2. The number of carbonyl (C=O) groups is 2. The monoisotopic (exact) mass is 345 g/mol. The number of amides is 2. The van der Waals surface area contributed by atoms with Crippen LogP contribution in [-0.2, 0) is 16.1 Å². The quantitative estimate of drug-likeness (QED) is 0.817. The van der Waals surface area contributed by atoms with Crippen molar-refractivity contribution in [2.24, 2.45) is 0 Å². The Hall–Kier alpha value is -2.08. The minimum absolute atomic E-state index is 0.0253. The molecule has 0 radical (unpaired) electrons. The lowest BCUT2D eigenvalue weighted by Gasteiger charge is -2.35. The van der Waals surface area contributed by atoms with Gasteiger partial charge in [-0.1, -0.05) is 12.1 Å². The van der Waals surface area contributed by atoms with E-state index >= 15 is 0 Å². The maximum atomic E-state index is 12.3. The van der Waals surface area contributed by atoms with E-state index in [-0.39, 0.29) is 18.2 Å². The van der Waals surface area contributed by atoms with Crippen LogP contribution in [0.15, 0.2) is 18.2 Å². The molecule has 0 unspecified atom stereocenters. The van der Waals surface area contributed by atoms with Crippen molar-refractivity contribution in [2.45, 2.75) is 51.2 Å². The van der Waals surface area contributed by atoms with Crippen LogP contribution in [-0.4, -0.2) is 49.0 Å². The first-order valence-electron chi connectivity index (χ1n) is 9.01. The van der Waals surface area contributed by atoms with Gasteiger partial charge in [0.05, 0.1) is 19.6 Å². The molecule has 1 atom stereocenters. The average molecular weight is 345 g/mol. The van der Waals surface area contributed by atoms with Crippen LogP contribution in [0.2, 0.25) is 0 Å². The third kappa shape index (κ3) is 4.31. The molecule has 1 saturated carbocycles. The standard InChI is InChI=1S/C19H27N3O3/c1-13-10-14(6-7-17(13)25-2)12-22-9-8-20-19(24)16(22)11-18(23)21-15-4-3-5-15/h6-7,10,15-16H,3-5,8-9,11-12H2,1-2H3,(H,20,24)(H,21,23)/t16-/m1/s1. The number of nitrogens with zero attached hydrogens (tertiary/aromatic N) is 1.